The lowest BCUT2D eigenvalue weighted by atomic mass is 10.1. The molecule has 4 aromatic rings. The van der Waals surface area contributed by atoms with Gasteiger partial charge in [0.1, 0.15) is 12.2 Å². The molecule has 0 saturated heterocycles. The molecule has 0 saturated carbocycles. The highest BCUT2D eigenvalue weighted by atomic mass is 16.5. The second kappa shape index (κ2) is 8.52. The summed E-state index contributed by atoms with van der Waals surface area (Å²) in [7, 11) is 0. The molecule has 1 N–H and O–H groups in total. The molecular weight excluding hydrogens is 368 g/mol. The van der Waals surface area contributed by atoms with E-state index < -0.39 is 0 Å². The summed E-state index contributed by atoms with van der Waals surface area (Å²) in [5, 5.41) is 11.9. The van der Waals surface area contributed by atoms with Crippen LogP contribution in [0.2, 0.25) is 0 Å². The lowest BCUT2D eigenvalue weighted by molar-refractivity contribution is -0.120. The Morgan fingerprint density at radius 1 is 1.10 bits per heavy atom. The van der Waals surface area contributed by atoms with Crippen LogP contribution >= 0.6 is 0 Å². The van der Waals surface area contributed by atoms with E-state index in [9.17, 15) is 4.79 Å². The van der Waals surface area contributed by atoms with Crippen LogP contribution in [0.25, 0.3) is 22.4 Å². The van der Waals surface area contributed by atoms with Gasteiger partial charge in [0.25, 0.3) is 0 Å². The number of nitrogens with one attached hydrogen (secondary N) is 1. The van der Waals surface area contributed by atoms with Crippen molar-refractivity contribution in [1.29, 1.82) is 0 Å². The lowest BCUT2D eigenvalue weighted by Gasteiger charge is -2.10. The van der Waals surface area contributed by atoms with Gasteiger partial charge in [0, 0.05) is 29.3 Å². The van der Waals surface area contributed by atoms with E-state index >= 15 is 0 Å². The van der Waals surface area contributed by atoms with Crippen molar-refractivity contribution in [3.05, 3.63) is 72.2 Å². The maximum atomic E-state index is 12.3. The van der Waals surface area contributed by atoms with Gasteiger partial charge in [-0.25, -0.2) is 0 Å². The number of para-hydroxylation sites is 1. The Morgan fingerprint density at radius 3 is 2.90 bits per heavy atom. The Morgan fingerprint density at radius 2 is 2.00 bits per heavy atom. The topological polar surface area (TPSA) is 90.1 Å². The number of hydrogen-bond donors (Lipinski definition) is 1. The summed E-state index contributed by atoms with van der Waals surface area (Å²) in [6, 6.07) is 17.2. The van der Waals surface area contributed by atoms with Crippen molar-refractivity contribution in [1.82, 2.24) is 20.5 Å². The number of hydrogen-bond acceptors (Lipinski definition) is 6. The third-order valence-corrected chi connectivity index (χ3v) is 4.38. The van der Waals surface area contributed by atoms with E-state index in [0.29, 0.717) is 19.0 Å². The number of amides is 1. The Bertz CT molecular complexity index is 1140. The summed E-state index contributed by atoms with van der Waals surface area (Å²) < 4.78 is 11.2. The van der Waals surface area contributed by atoms with Crippen molar-refractivity contribution in [2.45, 2.75) is 19.9 Å². The van der Waals surface area contributed by atoms with Crippen molar-refractivity contribution in [2.24, 2.45) is 0 Å². The fraction of sp³-hybridized carbons (Fsp3) is 0.182. The number of benzene rings is 2. The second-order valence-corrected chi connectivity index (χ2v) is 6.41. The van der Waals surface area contributed by atoms with Crippen LogP contribution < -0.4 is 10.1 Å². The number of fused-ring (bicyclic) bond motifs is 1. The van der Waals surface area contributed by atoms with Gasteiger partial charge < -0.3 is 14.5 Å². The van der Waals surface area contributed by atoms with Crippen LogP contribution in [0.3, 0.4) is 0 Å². The van der Waals surface area contributed by atoms with Gasteiger partial charge in [-0.3, -0.25) is 9.78 Å². The molecule has 0 aliphatic carbocycles. The zero-order valence-electron chi connectivity index (χ0n) is 16.0. The minimum Gasteiger partial charge on any atom is -0.494 e. The minimum atomic E-state index is -0.200. The number of carbonyl (C=O) groups excluding carboxylic acids is 1. The highest BCUT2D eigenvalue weighted by Gasteiger charge is 2.13. The first-order valence-corrected chi connectivity index (χ1v) is 9.38. The molecule has 146 valence electrons. The first-order chi connectivity index (χ1) is 14.2. The minimum absolute atomic E-state index is 0.0128. The van der Waals surface area contributed by atoms with Crippen molar-refractivity contribution in [3.63, 3.8) is 0 Å². The maximum Gasteiger partial charge on any atom is 0.247 e. The number of ether oxygens (including phenoxy) is 1. The first kappa shape index (κ1) is 18.6. The van der Waals surface area contributed by atoms with Crippen LogP contribution in [0.4, 0.5) is 0 Å². The predicted octanol–water partition coefficient (Wildman–Crippen LogP) is 3.54. The van der Waals surface area contributed by atoms with Crippen molar-refractivity contribution in [2.75, 3.05) is 6.61 Å². The van der Waals surface area contributed by atoms with Crippen molar-refractivity contribution >= 4 is 16.8 Å². The van der Waals surface area contributed by atoms with Gasteiger partial charge in [0.05, 0.1) is 12.1 Å². The Labute approximate surface area is 167 Å². The molecule has 7 heteroatoms. The van der Waals surface area contributed by atoms with Crippen LogP contribution in [-0.4, -0.2) is 27.7 Å². The molecule has 2 aromatic heterocycles. The summed E-state index contributed by atoms with van der Waals surface area (Å²) in [5.74, 6) is 1.21. The molecule has 0 fully saturated rings. The van der Waals surface area contributed by atoms with Crippen LogP contribution in [0.1, 0.15) is 18.4 Å². The van der Waals surface area contributed by atoms with Crippen LogP contribution in [0.5, 0.6) is 5.75 Å². The monoisotopic (exact) mass is 388 g/mol. The molecular formula is C22H20N4O3. The fourth-order valence-corrected chi connectivity index (χ4v) is 2.99. The van der Waals surface area contributed by atoms with E-state index in [2.05, 4.69) is 20.5 Å². The average Bonchev–Trinajstić information content (AvgIpc) is 3.21. The molecule has 4 rings (SSSR count). The summed E-state index contributed by atoms with van der Waals surface area (Å²) in [4.78, 5) is 16.6. The molecule has 7 nitrogen and oxygen atoms in total. The number of carbonyl (C=O) groups is 1. The number of aromatic nitrogens is 3. The number of pyridine rings is 1. The molecule has 0 unspecified atom stereocenters. The molecule has 0 atom stereocenters. The van der Waals surface area contributed by atoms with Crippen LogP contribution in [0, 0.1) is 0 Å². The van der Waals surface area contributed by atoms with Gasteiger partial charge in [-0.1, -0.05) is 24.3 Å². The van der Waals surface area contributed by atoms with Crippen molar-refractivity contribution < 1.29 is 13.9 Å². The fourth-order valence-electron chi connectivity index (χ4n) is 2.99. The van der Waals surface area contributed by atoms with Gasteiger partial charge >= 0.3 is 0 Å². The largest absolute Gasteiger partial charge is 0.494 e. The Kier molecular flexibility index (Phi) is 5.47. The molecule has 0 radical (unpaired) electrons. The third kappa shape index (κ3) is 4.40. The molecule has 0 bridgehead atoms. The van der Waals surface area contributed by atoms with E-state index in [-0.39, 0.29) is 18.2 Å². The van der Waals surface area contributed by atoms with E-state index in [1.807, 2.05) is 61.5 Å². The molecule has 1 amide bonds. The average molecular weight is 388 g/mol. The van der Waals surface area contributed by atoms with Crippen molar-refractivity contribution in [3.8, 4) is 17.2 Å². The zero-order valence-corrected chi connectivity index (χ0v) is 16.0. The van der Waals surface area contributed by atoms with Crippen LogP contribution in [0.15, 0.2) is 65.2 Å². The zero-order chi connectivity index (χ0) is 20.1. The molecule has 2 aromatic carbocycles. The summed E-state index contributed by atoms with van der Waals surface area (Å²) in [5.41, 5.74) is 2.59. The molecule has 0 aliphatic rings. The van der Waals surface area contributed by atoms with E-state index in [4.69, 9.17) is 9.15 Å². The summed E-state index contributed by atoms with van der Waals surface area (Å²) in [6.07, 6.45) is 1.76. The highest BCUT2D eigenvalue weighted by Crippen LogP contribution is 2.22. The predicted molar refractivity (Wildman–Crippen MR) is 108 cm³/mol. The van der Waals surface area contributed by atoms with Crippen LogP contribution in [-0.2, 0) is 17.8 Å². The summed E-state index contributed by atoms with van der Waals surface area (Å²) >= 11 is 0. The third-order valence-electron chi connectivity index (χ3n) is 4.38. The van der Waals surface area contributed by atoms with E-state index in [1.54, 1.807) is 6.20 Å². The molecule has 29 heavy (non-hydrogen) atoms. The smallest absolute Gasteiger partial charge is 0.247 e. The SMILES string of the molecule is CCOc1ccccc1CNC(=O)Cc1nnc(-c2ccc3ncccc3c2)o1. The van der Waals surface area contributed by atoms with Gasteiger partial charge in [-0.15, -0.1) is 10.2 Å². The first-order valence-electron chi connectivity index (χ1n) is 9.38. The summed E-state index contributed by atoms with van der Waals surface area (Å²) in [6.45, 7) is 2.86. The highest BCUT2D eigenvalue weighted by molar-refractivity contribution is 5.82. The molecule has 0 aliphatic heterocycles. The number of nitrogens with zero attached hydrogens (tertiary/aromatic N) is 3. The van der Waals surface area contributed by atoms with Gasteiger partial charge in [0.2, 0.25) is 17.7 Å². The second-order valence-electron chi connectivity index (χ2n) is 6.41. The quantitative estimate of drug-likeness (QED) is 0.521. The van der Waals surface area contributed by atoms with E-state index in [0.717, 1.165) is 27.8 Å². The normalized spacial score (nSPS) is 10.8. The Hall–Kier alpha value is -3.74. The van der Waals surface area contributed by atoms with E-state index in [1.165, 1.54) is 0 Å². The molecule has 0 spiro atoms. The number of rotatable bonds is 7. The lowest BCUT2D eigenvalue weighted by Crippen LogP contribution is -2.25. The van der Waals surface area contributed by atoms with Gasteiger partial charge in [-0.05, 0) is 37.3 Å². The molecule has 2 heterocycles. The Balaban J connectivity index is 1.40. The van der Waals surface area contributed by atoms with Gasteiger partial charge in [0.15, 0.2) is 0 Å². The van der Waals surface area contributed by atoms with Gasteiger partial charge in [-0.2, -0.15) is 0 Å². The standard InChI is InChI=1S/C22H20N4O3/c1-2-28-19-8-4-3-6-17(19)14-24-20(27)13-21-25-26-22(29-21)16-9-10-18-15(12-16)7-5-11-23-18/h3-12H,2,13-14H2,1H3,(H,24,27). The maximum absolute atomic E-state index is 12.3.